The first-order chi connectivity index (χ1) is 7.38. The van der Waals surface area contributed by atoms with Crippen LogP contribution in [0.4, 0.5) is 0 Å². The van der Waals surface area contributed by atoms with Crippen molar-refractivity contribution in [2.75, 3.05) is 19.5 Å². The number of hydrogen-bond donors (Lipinski definition) is 0. The van der Waals surface area contributed by atoms with Gasteiger partial charge in [-0.2, -0.15) is 8.42 Å². The molecule has 0 aliphatic rings. The summed E-state index contributed by atoms with van der Waals surface area (Å²) in [7, 11) is -3.45. The molecule has 0 amide bonds. The van der Waals surface area contributed by atoms with Crippen molar-refractivity contribution in [3.8, 4) is 0 Å². The van der Waals surface area contributed by atoms with Crippen molar-refractivity contribution in [1.29, 1.82) is 0 Å². The molecule has 0 aromatic carbocycles. The lowest BCUT2D eigenvalue weighted by molar-refractivity contribution is 0.0790. The van der Waals surface area contributed by atoms with Crippen LogP contribution < -0.4 is 5.82 Å². The number of rotatable bonds is 6. The molecule has 0 unspecified atom stereocenters. The summed E-state index contributed by atoms with van der Waals surface area (Å²) in [6.07, 6.45) is 0.951. The summed E-state index contributed by atoms with van der Waals surface area (Å²) in [5.74, 6) is -0.165. The fourth-order valence-corrected chi connectivity index (χ4v) is 1.29. The second-order valence-corrected chi connectivity index (χ2v) is 4.66. The second-order valence-electron chi connectivity index (χ2n) is 3.01. The fourth-order valence-electron chi connectivity index (χ4n) is 0.915. The van der Waals surface area contributed by atoms with Crippen molar-refractivity contribution < 1.29 is 26.2 Å². The Kier molecular flexibility index (Phi) is 4.27. The number of aryl methyl sites for hydroxylation is 1. The van der Waals surface area contributed by atoms with E-state index < -0.39 is 15.9 Å². The average molecular weight is 252 g/mol. The Morgan fingerprint density at radius 2 is 1.94 bits per heavy atom. The van der Waals surface area contributed by atoms with E-state index in [0.717, 1.165) is 6.26 Å². The highest BCUT2D eigenvalue weighted by atomic mass is 32.2. The molecule has 0 saturated heterocycles. The maximum Gasteiger partial charge on any atom is 0.519 e. The Labute approximate surface area is 92.1 Å². The minimum atomic E-state index is -3.45. The molecule has 1 heterocycles. The summed E-state index contributed by atoms with van der Waals surface area (Å²) in [6, 6.07) is 0. The van der Waals surface area contributed by atoms with Crippen LogP contribution in [0.25, 0.3) is 0 Å². The highest BCUT2D eigenvalue weighted by Crippen LogP contribution is 2.05. The van der Waals surface area contributed by atoms with Crippen molar-refractivity contribution in [2.45, 2.75) is 13.5 Å². The van der Waals surface area contributed by atoms with Crippen LogP contribution in [-0.4, -0.2) is 27.9 Å². The van der Waals surface area contributed by atoms with Gasteiger partial charge in [0.05, 0.1) is 19.5 Å². The van der Waals surface area contributed by atoms with Gasteiger partial charge in [0.25, 0.3) is 10.1 Å². The summed E-state index contributed by atoms with van der Waals surface area (Å²) in [5, 5.41) is 0. The summed E-state index contributed by atoms with van der Waals surface area (Å²) < 4.78 is 39.9. The highest BCUT2D eigenvalue weighted by molar-refractivity contribution is 7.85. The maximum absolute atomic E-state index is 10.6. The predicted molar refractivity (Wildman–Crippen MR) is 52.4 cm³/mol. The van der Waals surface area contributed by atoms with Crippen LogP contribution in [0.1, 0.15) is 11.5 Å². The first-order valence-electron chi connectivity index (χ1n) is 4.40. The molecule has 1 aromatic heterocycles. The van der Waals surface area contributed by atoms with E-state index >= 15 is 0 Å². The van der Waals surface area contributed by atoms with Crippen LogP contribution >= 0.6 is 0 Å². The first kappa shape index (κ1) is 12.9. The molecule has 0 spiro atoms. The van der Waals surface area contributed by atoms with E-state index in [1.807, 2.05) is 0 Å². The van der Waals surface area contributed by atoms with Crippen molar-refractivity contribution in [3.63, 3.8) is 0 Å². The van der Waals surface area contributed by atoms with Gasteiger partial charge in [0, 0.05) is 0 Å². The van der Waals surface area contributed by atoms with Gasteiger partial charge in [-0.25, -0.2) is 4.79 Å². The molecule has 7 nitrogen and oxygen atoms in total. The van der Waals surface area contributed by atoms with Gasteiger partial charge in [-0.3, -0.25) is 4.18 Å². The maximum atomic E-state index is 10.6. The number of ether oxygens (including phenoxy) is 1. The van der Waals surface area contributed by atoms with Crippen LogP contribution in [0, 0.1) is 6.92 Å². The van der Waals surface area contributed by atoms with Gasteiger partial charge in [0.2, 0.25) is 0 Å². The predicted octanol–water partition coefficient (Wildman–Crippen LogP) is 0.0340. The molecule has 0 aliphatic heterocycles. The van der Waals surface area contributed by atoms with E-state index in [4.69, 9.17) is 4.74 Å². The topological polar surface area (TPSA) is 95.9 Å². The van der Waals surface area contributed by atoms with E-state index in [1.165, 1.54) is 0 Å². The Hall–Kier alpha value is -1.12. The Morgan fingerprint density at radius 3 is 2.44 bits per heavy atom. The fraction of sp³-hybridized carbons (Fsp3) is 0.625. The molecule has 0 radical (unpaired) electrons. The summed E-state index contributed by atoms with van der Waals surface area (Å²) >= 11 is 0. The van der Waals surface area contributed by atoms with Crippen LogP contribution in [0.5, 0.6) is 0 Å². The Bertz CT molecular complexity index is 481. The largest absolute Gasteiger partial charge is 0.519 e. The van der Waals surface area contributed by atoms with Gasteiger partial charge in [0.1, 0.15) is 12.4 Å². The minimum absolute atomic E-state index is 0.0324. The van der Waals surface area contributed by atoms with Gasteiger partial charge in [-0.15, -0.1) is 0 Å². The summed E-state index contributed by atoms with van der Waals surface area (Å²) in [5.41, 5.74) is 0. The molecule has 1 rings (SSSR count). The van der Waals surface area contributed by atoms with E-state index in [2.05, 4.69) is 13.0 Å². The van der Waals surface area contributed by atoms with Crippen molar-refractivity contribution in [2.24, 2.45) is 0 Å². The SMILES string of the molecule is Cc1oc(=O)oc1COCCOS(C)(=O)=O. The molecule has 0 atom stereocenters. The molecular weight excluding hydrogens is 240 g/mol. The van der Waals surface area contributed by atoms with Crippen molar-refractivity contribution in [3.05, 3.63) is 22.1 Å². The standard InChI is InChI=1S/C8H12O7S/c1-6-7(15-8(9)14-6)5-12-3-4-13-16(2,10)11/h3-5H2,1-2H3. The third-order valence-corrected chi connectivity index (χ3v) is 2.19. The zero-order valence-corrected chi connectivity index (χ0v) is 9.70. The third kappa shape index (κ3) is 4.60. The zero-order chi connectivity index (χ0) is 12.2. The van der Waals surface area contributed by atoms with Gasteiger partial charge in [0.15, 0.2) is 5.76 Å². The molecule has 1 aromatic rings. The molecule has 0 aliphatic carbocycles. The van der Waals surface area contributed by atoms with Crippen LogP contribution in [0.3, 0.4) is 0 Å². The number of hydrogen-bond acceptors (Lipinski definition) is 7. The summed E-state index contributed by atoms with van der Waals surface area (Å²) in [6.45, 7) is 1.59. The molecule has 8 heteroatoms. The summed E-state index contributed by atoms with van der Waals surface area (Å²) in [4.78, 5) is 10.6. The first-order valence-corrected chi connectivity index (χ1v) is 6.21. The monoisotopic (exact) mass is 252 g/mol. The lowest BCUT2D eigenvalue weighted by Crippen LogP contribution is -2.09. The Morgan fingerprint density at radius 1 is 1.25 bits per heavy atom. The van der Waals surface area contributed by atoms with Crippen LogP contribution in [0.15, 0.2) is 13.6 Å². The quantitative estimate of drug-likeness (QED) is 0.520. The minimum Gasteiger partial charge on any atom is -0.396 e. The van der Waals surface area contributed by atoms with Crippen LogP contribution in [0.2, 0.25) is 0 Å². The highest BCUT2D eigenvalue weighted by Gasteiger charge is 2.08. The van der Waals surface area contributed by atoms with Gasteiger partial charge in [-0.05, 0) is 6.92 Å². The van der Waals surface area contributed by atoms with E-state index in [0.29, 0.717) is 5.76 Å². The van der Waals surface area contributed by atoms with Crippen molar-refractivity contribution in [1.82, 2.24) is 0 Å². The molecular formula is C8H12O7S. The lowest BCUT2D eigenvalue weighted by atomic mass is 10.4. The molecule has 92 valence electrons. The second kappa shape index (κ2) is 5.28. The average Bonchev–Trinajstić information content (AvgIpc) is 2.42. The van der Waals surface area contributed by atoms with Gasteiger partial charge >= 0.3 is 5.82 Å². The molecule has 16 heavy (non-hydrogen) atoms. The smallest absolute Gasteiger partial charge is 0.396 e. The van der Waals surface area contributed by atoms with E-state index in [9.17, 15) is 13.2 Å². The normalized spacial score (nSPS) is 11.9. The zero-order valence-electron chi connectivity index (χ0n) is 8.89. The molecule has 0 fully saturated rings. The van der Waals surface area contributed by atoms with E-state index in [1.54, 1.807) is 6.92 Å². The third-order valence-electron chi connectivity index (χ3n) is 1.59. The van der Waals surface area contributed by atoms with E-state index in [-0.39, 0.29) is 25.6 Å². The molecule has 0 N–H and O–H groups in total. The lowest BCUT2D eigenvalue weighted by Gasteiger charge is -2.01. The molecule has 0 saturated carbocycles. The van der Waals surface area contributed by atoms with Crippen molar-refractivity contribution >= 4 is 10.1 Å². The van der Waals surface area contributed by atoms with Crippen LogP contribution in [-0.2, 0) is 25.6 Å². The molecule has 0 bridgehead atoms. The van der Waals surface area contributed by atoms with Gasteiger partial charge in [-0.1, -0.05) is 0 Å². The van der Waals surface area contributed by atoms with Gasteiger partial charge < -0.3 is 13.6 Å². The Balaban J connectivity index is 2.26.